The van der Waals surface area contributed by atoms with Crippen molar-refractivity contribution in [1.82, 2.24) is 0 Å². The van der Waals surface area contributed by atoms with Crippen molar-refractivity contribution >= 4 is 12.2 Å². The topological polar surface area (TPSA) is 0 Å². The number of benzene rings is 3. The molecule has 3 rings (SSSR count). The van der Waals surface area contributed by atoms with Gasteiger partial charge >= 0.3 is 0 Å². The quantitative estimate of drug-likeness (QED) is 0.419. The van der Waals surface area contributed by atoms with Crippen molar-refractivity contribution in [3.05, 3.63) is 112 Å². The lowest BCUT2D eigenvalue weighted by Gasteiger charge is -1.96. The van der Waals surface area contributed by atoms with Gasteiger partial charge in [-0.25, -0.2) is 0 Å². The lowest BCUT2D eigenvalue weighted by molar-refractivity contribution is 1.46. The zero-order valence-electron chi connectivity index (χ0n) is 13.7. The molecule has 24 heavy (non-hydrogen) atoms. The second kappa shape index (κ2) is 7.84. The van der Waals surface area contributed by atoms with Crippen LogP contribution in [0.2, 0.25) is 0 Å². The Hall–Kier alpha value is -3.26. The third-order valence-electron chi connectivity index (χ3n) is 3.64. The maximum absolute atomic E-state index is 3.26. The van der Waals surface area contributed by atoms with Gasteiger partial charge in [0.1, 0.15) is 0 Å². The van der Waals surface area contributed by atoms with Crippen LogP contribution >= 0.6 is 0 Å². The third-order valence-corrected chi connectivity index (χ3v) is 3.64. The Labute approximate surface area is 143 Å². The SMILES string of the molecule is Cc1ccc(C=C=Cc2ccccc2C#Cc2ccccc2)cc1. The van der Waals surface area contributed by atoms with Gasteiger partial charge in [0, 0.05) is 11.1 Å². The molecule has 0 saturated heterocycles. The minimum Gasteiger partial charge on any atom is -0.120 e. The molecule has 0 atom stereocenters. The van der Waals surface area contributed by atoms with Crippen LogP contribution in [0.3, 0.4) is 0 Å². The normalized spacial score (nSPS) is 9.38. The summed E-state index contributed by atoms with van der Waals surface area (Å²) in [7, 11) is 0. The summed E-state index contributed by atoms with van der Waals surface area (Å²) < 4.78 is 0. The Morgan fingerprint density at radius 1 is 0.667 bits per heavy atom. The van der Waals surface area contributed by atoms with Gasteiger partial charge in [-0.05, 0) is 48.4 Å². The molecule has 0 fully saturated rings. The summed E-state index contributed by atoms with van der Waals surface area (Å²) in [5.41, 5.74) is 8.76. The van der Waals surface area contributed by atoms with Crippen LogP contribution in [0.4, 0.5) is 0 Å². The molecule has 3 aromatic rings. The molecule has 0 unspecified atom stereocenters. The van der Waals surface area contributed by atoms with E-state index in [1.807, 2.05) is 60.7 Å². The van der Waals surface area contributed by atoms with E-state index in [2.05, 4.69) is 54.8 Å². The summed E-state index contributed by atoms with van der Waals surface area (Å²) in [6, 6.07) is 26.6. The van der Waals surface area contributed by atoms with Crippen molar-refractivity contribution < 1.29 is 0 Å². The zero-order valence-corrected chi connectivity index (χ0v) is 13.7. The highest BCUT2D eigenvalue weighted by molar-refractivity contribution is 5.63. The molecule has 0 bridgehead atoms. The Morgan fingerprint density at radius 2 is 1.38 bits per heavy atom. The molecule has 0 N–H and O–H groups in total. The standard InChI is InChI=1S/C24H18/c1-20-14-16-22(17-15-20)10-7-13-23-11-5-6-12-24(23)19-18-21-8-3-2-4-9-21/h2-6,8-17H,1H3. The molecule has 0 heterocycles. The van der Waals surface area contributed by atoms with E-state index < -0.39 is 0 Å². The number of aryl methyl sites for hydroxylation is 1. The molecule has 0 aliphatic rings. The fraction of sp³-hybridized carbons (Fsp3) is 0.0417. The van der Waals surface area contributed by atoms with Crippen LogP contribution in [0.5, 0.6) is 0 Å². The van der Waals surface area contributed by atoms with Gasteiger partial charge in [-0.3, -0.25) is 0 Å². The second-order valence-corrected chi connectivity index (χ2v) is 5.57. The summed E-state index contributed by atoms with van der Waals surface area (Å²) in [4.78, 5) is 0. The van der Waals surface area contributed by atoms with Crippen LogP contribution in [-0.4, -0.2) is 0 Å². The van der Waals surface area contributed by atoms with Gasteiger partial charge < -0.3 is 0 Å². The molecule has 0 spiro atoms. The van der Waals surface area contributed by atoms with E-state index >= 15 is 0 Å². The minimum absolute atomic E-state index is 1.01. The Kier molecular flexibility index (Phi) is 5.10. The van der Waals surface area contributed by atoms with Gasteiger partial charge in [-0.1, -0.05) is 78.1 Å². The highest BCUT2D eigenvalue weighted by Gasteiger charge is 1.94. The fourth-order valence-corrected chi connectivity index (χ4v) is 2.29. The van der Waals surface area contributed by atoms with E-state index in [9.17, 15) is 0 Å². The van der Waals surface area contributed by atoms with Crippen LogP contribution in [0.15, 0.2) is 84.6 Å². The van der Waals surface area contributed by atoms with E-state index in [1.165, 1.54) is 5.56 Å². The smallest absolute Gasteiger partial charge is 0.0327 e. The summed E-state index contributed by atoms with van der Waals surface area (Å²) in [6.45, 7) is 2.09. The van der Waals surface area contributed by atoms with E-state index in [0.29, 0.717) is 0 Å². The molecular weight excluding hydrogens is 288 g/mol. The average molecular weight is 306 g/mol. The highest BCUT2D eigenvalue weighted by Crippen LogP contribution is 2.10. The molecule has 114 valence electrons. The van der Waals surface area contributed by atoms with Gasteiger partial charge in [0.25, 0.3) is 0 Å². The first-order chi connectivity index (χ1) is 11.8. The monoisotopic (exact) mass is 306 g/mol. The number of hydrogen-bond donors (Lipinski definition) is 0. The van der Waals surface area contributed by atoms with Gasteiger partial charge in [0.05, 0.1) is 0 Å². The third kappa shape index (κ3) is 4.37. The molecule has 0 aromatic heterocycles. The Morgan fingerprint density at radius 3 is 2.17 bits per heavy atom. The zero-order chi connectivity index (χ0) is 16.6. The first kappa shape index (κ1) is 15.6. The number of rotatable bonds is 2. The minimum atomic E-state index is 1.01. The molecule has 0 saturated carbocycles. The predicted octanol–water partition coefficient (Wildman–Crippen LogP) is 5.72. The van der Waals surface area contributed by atoms with Crippen molar-refractivity contribution in [2.75, 3.05) is 0 Å². The average Bonchev–Trinajstić information content (AvgIpc) is 2.63. The van der Waals surface area contributed by atoms with Crippen molar-refractivity contribution in [1.29, 1.82) is 0 Å². The van der Waals surface area contributed by atoms with Crippen molar-refractivity contribution in [2.24, 2.45) is 0 Å². The molecule has 0 heteroatoms. The maximum Gasteiger partial charge on any atom is 0.0327 e. The first-order valence-electron chi connectivity index (χ1n) is 7.96. The summed E-state index contributed by atoms with van der Waals surface area (Å²) in [5.74, 6) is 6.46. The van der Waals surface area contributed by atoms with Crippen molar-refractivity contribution in [3.63, 3.8) is 0 Å². The van der Waals surface area contributed by atoms with Crippen LogP contribution in [0, 0.1) is 18.8 Å². The first-order valence-corrected chi connectivity index (χ1v) is 7.96. The summed E-state index contributed by atoms with van der Waals surface area (Å²) in [5, 5.41) is 0. The van der Waals surface area contributed by atoms with Gasteiger partial charge in [0.2, 0.25) is 0 Å². The molecule has 0 amide bonds. The van der Waals surface area contributed by atoms with E-state index in [1.54, 1.807) is 0 Å². The second-order valence-electron chi connectivity index (χ2n) is 5.57. The van der Waals surface area contributed by atoms with Crippen molar-refractivity contribution in [3.8, 4) is 11.8 Å². The Balaban J connectivity index is 1.86. The lowest BCUT2D eigenvalue weighted by atomic mass is 10.1. The Bertz CT molecular complexity index is 927. The maximum atomic E-state index is 3.26. The predicted molar refractivity (Wildman–Crippen MR) is 102 cm³/mol. The summed E-state index contributed by atoms with van der Waals surface area (Å²) >= 11 is 0. The van der Waals surface area contributed by atoms with Crippen LogP contribution in [0.25, 0.3) is 12.2 Å². The summed E-state index contributed by atoms with van der Waals surface area (Å²) in [6.07, 6.45) is 3.97. The van der Waals surface area contributed by atoms with Crippen LogP contribution in [0.1, 0.15) is 27.8 Å². The largest absolute Gasteiger partial charge is 0.120 e. The molecular formula is C24H18. The lowest BCUT2D eigenvalue weighted by Crippen LogP contribution is -1.81. The highest BCUT2D eigenvalue weighted by atomic mass is 14.0. The van der Waals surface area contributed by atoms with Gasteiger partial charge in [-0.15, -0.1) is 5.73 Å². The molecule has 0 aliphatic heterocycles. The van der Waals surface area contributed by atoms with Gasteiger partial charge in [0.15, 0.2) is 0 Å². The molecule has 3 aromatic carbocycles. The molecule has 0 nitrogen and oxygen atoms in total. The van der Waals surface area contributed by atoms with Gasteiger partial charge in [-0.2, -0.15) is 0 Å². The van der Waals surface area contributed by atoms with Crippen LogP contribution < -0.4 is 0 Å². The van der Waals surface area contributed by atoms with Crippen molar-refractivity contribution in [2.45, 2.75) is 6.92 Å². The fourth-order valence-electron chi connectivity index (χ4n) is 2.29. The van der Waals surface area contributed by atoms with Crippen LogP contribution in [-0.2, 0) is 0 Å². The molecule has 0 radical (unpaired) electrons. The van der Waals surface area contributed by atoms with E-state index in [4.69, 9.17) is 0 Å². The van der Waals surface area contributed by atoms with E-state index in [-0.39, 0.29) is 0 Å². The van der Waals surface area contributed by atoms with E-state index in [0.717, 1.165) is 22.3 Å². The number of hydrogen-bond acceptors (Lipinski definition) is 0. The molecule has 0 aliphatic carbocycles.